The molecule has 0 aliphatic carbocycles. The lowest BCUT2D eigenvalue weighted by Gasteiger charge is -2.42. The highest BCUT2D eigenvalue weighted by molar-refractivity contribution is 7.11. The number of aromatic nitrogens is 1. The van der Waals surface area contributed by atoms with E-state index in [-0.39, 0.29) is 0 Å². The van der Waals surface area contributed by atoms with Gasteiger partial charge in [-0.05, 0) is 34.5 Å². The Morgan fingerprint density at radius 1 is 1.35 bits per heavy atom. The SMILES string of the molecule is CCNC(Cc1nc(C)c(C)s1)C1CN(C)CCN1C. The maximum Gasteiger partial charge on any atom is 0.0947 e. The highest BCUT2D eigenvalue weighted by atomic mass is 32.1. The Morgan fingerprint density at radius 3 is 2.70 bits per heavy atom. The van der Waals surface area contributed by atoms with Gasteiger partial charge >= 0.3 is 0 Å². The minimum atomic E-state index is 0.484. The van der Waals surface area contributed by atoms with Crippen LogP contribution in [0.15, 0.2) is 0 Å². The van der Waals surface area contributed by atoms with Gasteiger partial charge in [0.15, 0.2) is 0 Å². The van der Waals surface area contributed by atoms with Crippen molar-refractivity contribution in [2.75, 3.05) is 40.3 Å². The molecule has 114 valence electrons. The molecule has 2 rings (SSSR count). The molecule has 0 amide bonds. The van der Waals surface area contributed by atoms with Gasteiger partial charge in [0.25, 0.3) is 0 Å². The van der Waals surface area contributed by atoms with Gasteiger partial charge in [0.2, 0.25) is 0 Å². The zero-order valence-corrected chi connectivity index (χ0v) is 14.3. The third-order valence-electron chi connectivity index (χ3n) is 4.30. The minimum Gasteiger partial charge on any atom is -0.312 e. The van der Waals surface area contributed by atoms with Gasteiger partial charge in [-0.3, -0.25) is 4.90 Å². The third-order valence-corrected chi connectivity index (χ3v) is 5.39. The lowest BCUT2D eigenvalue weighted by Crippen LogP contribution is -2.59. The van der Waals surface area contributed by atoms with E-state index < -0.39 is 0 Å². The van der Waals surface area contributed by atoms with Gasteiger partial charge in [-0.2, -0.15) is 0 Å². The van der Waals surface area contributed by atoms with Crippen LogP contribution < -0.4 is 5.32 Å². The average Bonchev–Trinajstić information content (AvgIpc) is 2.71. The van der Waals surface area contributed by atoms with Gasteiger partial charge < -0.3 is 10.2 Å². The average molecular weight is 296 g/mol. The summed E-state index contributed by atoms with van der Waals surface area (Å²) in [5.41, 5.74) is 1.19. The molecule has 1 aromatic heterocycles. The summed E-state index contributed by atoms with van der Waals surface area (Å²) in [6, 6.07) is 1.05. The Hall–Kier alpha value is -0.490. The molecule has 1 aliphatic heterocycles. The van der Waals surface area contributed by atoms with E-state index in [1.54, 1.807) is 0 Å². The highest BCUT2D eigenvalue weighted by Crippen LogP contribution is 2.20. The first-order valence-electron chi connectivity index (χ1n) is 7.56. The second-order valence-electron chi connectivity index (χ2n) is 5.93. The Kier molecular flexibility index (Phi) is 5.55. The van der Waals surface area contributed by atoms with E-state index in [1.165, 1.54) is 22.1 Å². The molecule has 1 aliphatic rings. The van der Waals surface area contributed by atoms with Crippen molar-refractivity contribution in [1.82, 2.24) is 20.1 Å². The first-order valence-corrected chi connectivity index (χ1v) is 8.38. The molecule has 0 spiro atoms. The van der Waals surface area contributed by atoms with Crippen LogP contribution in [0, 0.1) is 13.8 Å². The maximum atomic E-state index is 4.72. The molecule has 20 heavy (non-hydrogen) atoms. The van der Waals surface area contributed by atoms with Crippen molar-refractivity contribution >= 4 is 11.3 Å². The molecule has 1 saturated heterocycles. The zero-order chi connectivity index (χ0) is 14.7. The van der Waals surface area contributed by atoms with Crippen LogP contribution >= 0.6 is 11.3 Å². The van der Waals surface area contributed by atoms with Gasteiger partial charge in [0.1, 0.15) is 0 Å². The van der Waals surface area contributed by atoms with Gasteiger partial charge in [-0.15, -0.1) is 11.3 Å². The number of rotatable bonds is 5. The van der Waals surface area contributed by atoms with Gasteiger partial charge in [-0.1, -0.05) is 6.92 Å². The fourth-order valence-corrected chi connectivity index (χ4v) is 3.89. The summed E-state index contributed by atoms with van der Waals surface area (Å²) in [6.07, 6.45) is 1.04. The molecule has 0 bridgehead atoms. The molecule has 5 heteroatoms. The summed E-state index contributed by atoms with van der Waals surface area (Å²) >= 11 is 1.85. The normalized spacial score (nSPS) is 23.1. The fraction of sp³-hybridized carbons (Fsp3) is 0.800. The minimum absolute atomic E-state index is 0.484. The van der Waals surface area contributed by atoms with E-state index in [9.17, 15) is 0 Å². The largest absolute Gasteiger partial charge is 0.312 e. The number of hydrogen-bond donors (Lipinski definition) is 1. The highest BCUT2D eigenvalue weighted by Gasteiger charge is 2.30. The van der Waals surface area contributed by atoms with Crippen LogP contribution in [0.4, 0.5) is 0 Å². The van der Waals surface area contributed by atoms with Gasteiger partial charge in [0, 0.05) is 43.0 Å². The van der Waals surface area contributed by atoms with Crippen molar-refractivity contribution in [2.24, 2.45) is 0 Å². The maximum absolute atomic E-state index is 4.72. The molecule has 1 N–H and O–H groups in total. The van der Waals surface area contributed by atoms with Crippen molar-refractivity contribution in [2.45, 2.75) is 39.3 Å². The second-order valence-corrected chi connectivity index (χ2v) is 7.22. The van der Waals surface area contributed by atoms with Crippen molar-refractivity contribution in [3.05, 3.63) is 15.6 Å². The number of thiazole rings is 1. The number of likely N-dealkylation sites (N-methyl/N-ethyl adjacent to an activating group) is 3. The molecule has 2 heterocycles. The molecular formula is C15H28N4S. The summed E-state index contributed by atoms with van der Waals surface area (Å²) in [5, 5.41) is 4.95. The van der Waals surface area contributed by atoms with Crippen LogP contribution in [-0.2, 0) is 6.42 Å². The van der Waals surface area contributed by atoms with Crippen molar-refractivity contribution < 1.29 is 0 Å². The lowest BCUT2D eigenvalue weighted by molar-refractivity contribution is 0.0880. The van der Waals surface area contributed by atoms with Crippen LogP contribution in [0.1, 0.15) is 22.5 Å². The van der Waals surface area contributed by atoms with E-state index in [4.69, 9.17) is 4.98 Å². The number of piperazine rings is 1. The standard InChI is InChI=1S/C15H28N4S/c1-6-16-13(9-15-17-11(2)12(3)20-15)14-10-18(4)7-8-19(14)5/h13-14,16H,6-10H2,1-5H3. The summed E-state index contributed by atoms with van der Waals surface area (Å²) in [6.45, 7) is 10.9. The van der Waals surface area contributed by atoms with Gasteiger partial charge in [0.05, 0.1) is 10.7 Å². The summed E-state index contributed by atoms with van der Waals surface area (Å²) in [7, 11) is 4.47. The first kappa shape index (κ1) is 15.9. The van der Waals surface area contributed by atoms with Crippen LogP contribution in [-0.4, -0.2) is 67.1 Å². The number of hydrogen-bond acceptors (Lipinski definition) is 5. The monoisotopic (exact) mass is 296 g/mol. The van der Waals surface area contributed by atoms with Crippen LogP contribution in [0.25, 0.3) is 0 Å². The van der Waals surface area contributed by atoms with Crippen molar-refractivity contribution in [3.8, 4) is 0 Å². The van der Waals surface area contributed by atoms with Gasteiger partial charge in [-0.25, -0.2) is 4.98 Å². The number of nitrogens with zero attached hydrogens (tertiary/aromatic N) is 3. The van der Waals surface area contributed by atoms with Crippen LogP contribution in [0.5, 0.6) is 0 Å². The van der Waals surface area contributed by atoms with Crippen molar-refractivity contribution in [1.29, 1.82) is 0 Å². The second kappa shape index (κ2) is 6.98. The van der Waals surface area contributed by atoms with E-state index in [0.29, 0.717) is 12.1 Å². The van der Waals surface area contributed by atoms with E-state index >= 15 is 0 Å². The Morgan fingerprint density at radius 2 is 2.10 bits per heavy atom. The number of aryl methyl sites for hydroxylation is 2. The third kappa shape index (κ3) is 3.79. The molecule has 1 fully saturated rings. The summed E-state index contributed by atoms with van der Waals surface area (Å²) < 4.78 is 0. The number of nitrogens with one attached hydrogen (secondary N) is 1. The predicted molar refractivity (Wildman–Crippen MR) is 86.7 cm³/mol. The molecule has 0 aromatic carbocycles. The molecule has 0 radical (unpaired) electrons. The molecule has 1 aromatic rings. The Bertz CT molecular complexity index is 412. The zero-order valence-electron chi connectivity index (χ0n) is 13.4. The first-order chi connectivity index (χ1) is 9.51. The van der Waals surface area contributed by atoms with E-state index in [2.05, 4.69) is 50.0 Å². The summed E-state index contributed by atoms with van der Waals surface area (Å²) in [5.74, 6) is 0. The topological polar surface area (TPSA) is 31.4 Å². The van der Waals surface area contributed by atoms with Crippen LogP contribution in [0.3, 0.4) is 0 Å². The van der Waals surface area contributed by atoms with Crippen molar-refractivity contribution in [3.63, 3.8) is 0 Å². The van der Waals surface area contributed by atoms with E-state index in [0.717, 1.165) is 26.1 Å². The summed E-state index contributed by atoms with van der Waals surface area (Å²) in [4.78, 5) is 11.0. The van der Waals surface area contributed by atoms with Crippen LogP contribution in [0.2, 0.25) is 0 Å². The molecule has 2 atom stereocenters. The smallest absolute Gasteiger partial charge is 0.0947 e. The Labute approximate surface area is 127 Å². The molecule has 4 nitrogen and oxygen atoms in total. The molecular weight excluding hydrogens is 268 g/mol. The quantitative estimate of drug-likeness (QED) is 0.893. The lowest BCUT2D eigenvalue weighted by atomic mass is 10.0. The predicted octanol–water partition coefficient (Wildman–Crippen LogP) is 1.53. The molecule has 0 saturated carbocycles. The molecule has 2 unspecified atom stereocenters. The fourth-order valence-electron chi connectivity index (χ4n) is 2.90. The Balaban J connectivity index is 2.09. The van der Waals surface area contributed by atoms with E-state index in [1.807, 2.05) is 11.3 Å².